The Kier molecular flexibility index (Phi) is 2.11. The molecule has 1 saturated heterocycles. The Morgan fingerprint density at radius 2 is 2.40 bits per heavy atom. The molecule has 5 heteroatoms. The van der Waals surface area contributed by atoms with Crippen molar-refractivity contribution >= 4 is 0 Å². The Hall–Kier alpha value is -0.770. The van der Waals surface area contributed by atoms with E-state index in [0.717, 1.165) is 0 Å². The highest BCUT2D eigenvalue weighted by Crippen LogP contribution is 2.10. The van der Waals surface area contributed by atoms with Crippen LogP contribution in [0, 0.1) is 0 Å². The van der Waals surface area contributed by atoms with Crippen molar-refractivity contribution in [2.45, 2.75) is 12.1 Å². The van der Waals surface area contributed by atoms with Gasteiger partial charge in [-0.1, -0.05) is 5.11 Å². The quantitative estimate of drug-likeness (QED) is 0.317. The molecule has 1 heterocycles. The van der Waals surface area contributed by atoms with Gasteiger partial charge in [0.15, 0.2) is 0 Å². The maximum Gasteiger partial charge on any atom is 0.0773 e. The van der Waals surface area contributed by atoms with Crippen molar-refractivity contribution in [1.82, 2.24) is 4.90 Å². The summed E-state index contributed by atoms with van der Waals surface area (Å²) in [7, 11) is 1.89. The summed E-state index contributed by atoms with van der Waals surface area (Å²) in [4.78, 5) is 4.58. The first-order valence-corrected chi connectivity index (χ1v) is 3.15. The number of aliphatic hydroxyl groups excluding tert-OH is 1. The summed E-state index contributed by atoms with van der Waals surface area (Å²) >= 11 is 0. The van der Waals surface area contributed by atoms with Crippen LogP contribution < -0.4 is 0 Å². The number of hydrogen-bond donors (Lipinski definition) is 1. The lowest BCUT2D eigenvalue weighted by Crippen LogP contribution is -2.20. The molecular weight excluding hydrogens is 132 g/mol. The number of likely N-dealkylation sites (N-methyl/N-ethyl adjacent to an activating group) is 1. The van der Waals surface area contributed by atoms with Gasteiger partial charge in [-0.2, -0.15) is 0 Å². The summed E-state index contributed by atoms with van der Waals surface area (Å²) in [5.74, 6) is 0. The van der Waals surface area contributed by atoms with Gasteiger partial charge in [-0.25, -0.2) is 0 Å². The van der Waals surface area contributed by atoms with Gasteiger partial charge in [0, 0.05) is 18.0 Å². The second-order valence-electron chi connectivity index (χ2n) is 2.56. The van der Waals surface area contributed by atoms with Crippen LogP contribution in [0.4, 0.5) is 0 Å². The van der Waals surface area contributed by atoms with Crippen molar-refractivity contribution in [1.29, 1.82) is 0 Å². The summed E-state index contributed by atoms with van der Waals surface area (Å²) in [6.07, 6.45) is -0.485. The predicted octanol–water partition coefficient (Wildman–Crippen LogP) is -0.0284. The van der Waals surface area contributed by atoms with Crippen LogP contribution in [0.15, 0.2) is 5.11 Å². The zero-order valence-corrected chi connectivity index (χ0v) is 5.80. The fourth-order valence-corrected chi connectivity index (χ4v) is 1.14. The summed E-state index contributed by atoms with van der Waals surface area (Å²) in [5.41, 5.74) is 8.06. The third-order valence-corrected chi connectivity index (χ3v) is 1.64. The number of hydrogen-bond acceptors (Lipinski definition) is 3. The first-order valence-electron chi connectivity index (χ1n) is 3.15. The lowest BCUT2D eigenvalue weighted by molar-refractivity contribution is 0.169. The molecule has 56 valence electrons. The lowest BCUT2D eigenvalue weighted by Gasteiger charge is -2.02. The van der Waals surface area contributed by atoms with Crippen molar-refractivity contribution in [3.63, 3.8) is 0 Å². The van der Waals surface area contributed by atoms with Crippen molar-refractivity contribution < 1.29 is 5.11 Å². The van der Waals surface area contributed by atoms with Crippen LogP contribution in [-0.4, -0.2) is 42.3 Å². The number of rotatable bonds is 1. The summed E-state index contributed by atoms with van der Waals surface area (Å²) in [6.45, 7) is 1.26. The van der Waals surface area contributed by atoms with Gasteiger partial charge in [-0.3, -0.25) is 0 Å². The van der Waals surface area contributed by atoms with Gasteiger partial charge in [0.25, 0.3) is 0 Å². The van der Waals surface area contributed by atoms with E-state index in [1.165, 1.54) is 0 Å². The molecule has 10 heavy (non-hydrogen) atoms. The third kappa shape index (κ3) is 1.39. The third-order valence-electron chi connectivity index (χ3n) is 1.64. The second kappa shape index (κ2) is 2.88. The molecule has 1 aliphatic heterocycles. The molecule has 0 aromatic rings. The van der Waals surface area contributed by atoms with Crippen LogP contribution >= 0.6 is 0 Å². The van der Waals surface area contributed by atoms with Crippen LogP contribution in [0.3, 0.4) is 0 Å². The molecule has 1 rings (SSSR count). The fraction of sp³-hybridized carbons (Fsp3) is 1.00. The van der Waals surface area contributed by atoms with Crippen molar-refractivity contribution in [3.05, 3.63) is 10.4 Å². The minimum absolute atomic E-state index is 0.255. The first kappa shape index (κ1) is 7.34. The SMILES string of the molecule is CN1C[C@H](O)[C@H](N=[N+]=[N-])C1. The van der Waals surface area contributed by atoms with Crippen LogP contribution in [0.2, 0.25) is 0 Å². The van der Waals surface area contributed by atoms with E-state index in [4.69, 9.17) is 5.53 Å². The number of aliphatic hydroxyl groups is 1. The van der Waals surface area contributed by atoms with Crippen molar-refractivity contribution in [3.8, 4) is 0 Å². The molecule has 0 radical (unpaired) electrons. The molecule has 0 aromatic carbocycles. The molecule has 1 aliphatic rings. The zero-order valence-electron chi connectivity index (χ0n) is 5.80. The highest BCUT2D eigenvalue weighted by atomic mass is 16.3. The molecule has 0 aromatic heterocycles. The number of likely N-dealkylation sites (tertiary alicyclic amines) is 1. The highest BCUT2D eigenvalue weighted by Gasteiger charge is 2.27. The van der Waals surface area contributed by atoms with E-state index in [0.29, 0.717) is 13.1 Å². The van der Waals surface area contributed by atoms with Crippen molar-refractivity contribution in [2.75, 3.05) is 20.1 Å². The zero-order chi connectivity index (χ0) is 7.56. The molecular formula is C5H10N4O. The average molecular weight is 142 g/mol. The van der Waals surface area contributed by atoms with Gasteiger partial charge in [-0.05, 0) is 12.6 Å². The monoisotopic (exact) mass is 142 g/mol. The number of azide groups is 1. The first-order chi connectivity index (χ1) is 4.74. The number of nitrogens with zero attached hydrogens (tertiary/aromatic N) is 4. The maximum atomic E-state index is 9.18. The summed E-state index contributed by atoms with van der Waals surface area (Å²) < 4.78 is 0. The van der Waals surface area contributed by atoms with Gasteiger partial charge >= 0.3 is 0 Å². The molecule has 0 saturated carbocycles. The molecule has 2 atom stereocenters. The Balaban J connectivity index is 2.54. The second-order valence-corrected chi connectivity index (χ2v) is 2.56. The summed E-state index contributed by atoms with van der Waals surface area (Å²) in [5, 5.41) is 12.6. The Morgan fingerprint density at radius 3 is 2.80 bits per heavy atom. The molecule has 5 nitrogen and oxygen atoms in total. The van der Waals surface area contributed by atoms with Gasteiger partial charge in [0.05, 0.1) is 12.1 Å². The van der Waals surface area contributed by atoms with Gasteiger partial charge in [-0.15, -0.1) is 0 Å². The van der Waals surface area contributed by atoms with E-state index in [1.807, 2.05) is 11.9 Å². The predicted molar refractivity (Wildman–Crippen MR) is 36.4 cm³/mol. The normalized spacial score (nSPS) is 33.8. The molecule has 0 amide bonds. The van der Waals surface area contributed by atoms with Gasteiger partial charge in [0.2, 0.25) is 0 Å². The van der Waals surface area contributed by atoms with Crippen molar-refractivity contribution in [2.24, 2.45) is 5.11 Å². The van der Waals surface area contributed by atoms with E-state index < -0.39 is 6.10 Å². The van der Waals surface area contributed by atoms with Gasteiger partial charge < -0.3 is 10.0 Å². The average Bonchev–Trinajstić information content (AvgIpc) is 2.13. The largest absolute Gasteiger partial charge is 0.391 e. The smallest absolute Gasteiger partial charge is 0.0773 e. The minimum atomic E-state index is -0.485. The Morgan fingerprint density at radius 1 is 1.70 bits per heavy atom. The van der Waals surface area contributed by atoms with E-state index in [2.05, 4.69) is 10.0 Å². The van der Waals surface area contributed by atoms with E-state index >= 15 is 0 Å². The van der Waals surface area contributed by atoms with E-state index in [9.17, 15) is 5.11 Å². The Bertz CT molecular complexity index is 165. The maximum absolute atomic E-state index is 9.18. The molecule has 0 aliphatic carbocycles. The van der Waals surface area contributed by atoms with Crippen LogP contribution in [0.25, 0.3) is 10.4 Å². The van der Waals surface area contributed by atoms with E-state index in [1.54, 1.807) is 0 Å². The molecule has 0 bridgehead atoms. The molecule has 1 N–H and O–H groups in total. The molecule has 1 fully saturated rings. The van der Waals surface area contributed by atoms with Crippen LogP contribution in [0.5, 0.6) is 0 Å². The minimum Gasteiger partial charge on any atom is -0.391 e. The van der Waals surface area contributed by atoms with Crippen LogP contribution in [-0.2, 0) is 0 Å². The highest BCUT2D eigenvalue weighted by molar-refractivity contribution is 4.87. The number of β-amino-alcohol motifs (C(OH)–C–C–N with tert-alkyl or cyclic N) is 1. The van der Waals surface area contributed by atoms with E-state index in [-0.39, 0.29) is 6.04 Å². The molecule has 0 unspecified atom stereocenters. The van der Waals surface area contributed by atoms with Gasteiger partial charge in [0.1, 0.15) is 0 Å². The standard InChI is InChI=1S/C5H10N4O/c1-9-2-4(7-8-6)5(10)3-9/h4-5,10H,2-3H2,1H3/t4-,5+/m1/s1. The molecule has 0 spiro atoms. The van der Waals surface area contributed by atoms with Crippen LogP contribution in [0.1, 0.15) is 0 Å². The lowest BCUT2D eigenvalue weighted by atomic mass is 10.2. The summed E-state index contributed by atoms with van der Waals surface area (Å²) in [6, 6.07) is -0.255. The topological polar surface area (TPSA) is 72.2 Å². The fourth-order valence-electron chi connectivity index (χ4n) is 1.14. The Labute approximate surface area is 58.9 Å².